The maximum Gasteiger partial charge on any atom is 0.458 e. The van der Waals surface area contributed by atoms with Crippen LogP contribution in [-0.4, -0.2) is 16.1 Å². The number of nitrogens with zero attached hydrogens (tertiary/aromatic N) is 2. The fourth-order valence-electron chi connectivity index (χ4n) is 4.18. The lowest BCUT2D eigenvalue weighted by molar-refractivity contribution is -0.0696. The fourth-order valence-corrected chi connectivity index (χ4v) is 4.18. The van der Waals surface area contributed by atoms with E-state index in [1.54, 1.807) is 12.4 Å². The quantitative estimate of drug-likeness (QED) is 0.365. The smallest absolute Gasteiger partial charge is 0.236 e. The van der Waals surface area contributed by atoms with Crippen molar-refractivity contribution in [3.63, 3.8) is 0 Å². The molecule has 0 N–H and O–H groups in total. The Kier molecular flexibility index (Phi) is 7.64. The summed E-state index contributed by atoms with van der Waals surface area (Å²) in [5, 5.41) is 0. The van der Waals surface area contributed by atoms with E-state index in [2.05, 4.69) is 16.9 Å². The highest BCUT2D eigenvalue weighted by Gasteiger charge is 2.24. The van der Waals surface area contributed by atoms with Crippen LogP contribution in [-0.2, 0) is 6.42 Å². The predicted octanol–water partition coefficient (Wildman–Crippen LogP) is 6.87. The molecule has 0 bridgehead atoms. The summed E-state index contributed by atoms with van der Waals surface area (Å²) in [4.78, 5) is 8.37. The number of alkyl halides is 3. The minimum Gasteiger partial charge on any atom is -0.236 e. The number of halogens is 5. The van der Waals surface area contributed by atoms with E-state index < -0.39 is 23.4 Å². The molecule has 0 spiro atoms. The van der Waals surface area contributed by atoms with Crippen LogP contribution in [0.3, 0.4) is 0 Å². The zero-order chi connectivity index (χ0) is 22.4. The van der Waals surface area contributed by atoms with Crippen molar-refractivity contribution in [3.8, 4) is 23.2 Å². The van der Waals surface area contributed by atoms with Crippen molar-refractivity contribution in [2.24, 2.45) is 11.8 Å². The lowest BCUT2D eigenvalue weighted by atomic mass is 9.78. The van der Waals surface area contributed by atoms with Crippen LogP contribution in [0.15, 0.2) is 24.5 Å². The average Bonchev–Trinajstić information content (AvgIpc) is 2.72. The second-order valence-corrected chi connectivity index (χ2v) is 8.19. The lowest BCUT2D eigenvalue weighted by Gasteiger charge is -2.28. The molecule has 3 rings (SSSR count). The molecule has 0 atom stereocenters. The van der Waals surface area contributed by atoms with E-state index >= 15 is 0 Å². The third-order valence-corrected chi connectivity index (χ3v) is 5.84. The molecule has 0 aliphatic heterocycles. The summed E-state index contributed by atoms with van der Waals surface area (Å²) in [5.74, 6) is 1.70. The predicted molar refractivity (Wildman–Crippen MR) is 109 cm³/mol. The minimum absolute atomic E-state index is 0.0494. The Hall–Kier alpha value is -2.49. The van der Waals surface area contributed by atoms with Gasteiger partial charge in [-0.1, -0.05) is 51.4 Å². The first-order valence-electron chi connectivity index (χ1n) is 10.7. The number of hydrogen-bond donors (Lipinski definition) is 0. The Morgan fingerprint density at radius 2 is 1.48 bits per heavy atom. The van der Waals surface area contributed by atoms with E-state index in [4.69, 9.17) is 0 Å². The summed E-state index contributed by atoms with van der Waals surface area (Å²) in [6.45, 7) is 2.23. The lowest BCUT2D eigenvalue weighted by Crippen LogP contribution is -2.15. The summed E-state index contributed by atoms with van der Waals surface area (Å²) in [6, 6.07) is 1.79. The van der Waals surface area contributed by atoms with Gasteiger partial charge in [0.1, 0.15) is 11.6 Å². The first-order chi connectivity index (χ1) is 14.7. The van der Waals surface area contributed by atoms with Gasteiger partial charge in [0, 0.05) is 23.9 Å². The van der Waals surface area contributed by atoms with Crippen molar-refractivity contribution in [3.05, 3.63) is 47.3 Å². The molecule has 166 valence electrons. The minimum atomic E-state index is -4.83. The molecule has 1 heterocycles. The van der Waals surface area contributed by atoms with E-state index in [1.807, 2.05) is 0 Å². The molecule has 2 nitrogen and oxygen atoms in total. The monoisotopic (exact) mass is 436 g/mol. The third kappa shape index (κ3) is 6.75. The number of rotatable bonds is 6. The zero-order valence-electron chi connectivity index (χ0n) is 17.4. The number of aryl methyl sites for hydroxylation is 1. The van der Waals surface area contributed by atoms with Crippen LogP contribution in [0.2, 0.25) is 0 Å². The molecule has 1 saturated carbocycles. The molecule has 0 amide bonds. The van der Waals surface area contributed by atoms with Crippen molar-refractivity contribution in [1.29, 1.82) is 0 Å². The molecule has 7 heteroatoms. The van der Waals surface area contributed by atoms with Gasteiger partial charge in [0.05, 0.1) is 5.56 Å². The Morgan fingerprint density at radius 3 is 2.00 bits per heavy atom. The van der Waals surface area contributed by atoms with Crippen molar-refractivity contribution in [1.82, 2.24) is 9.97 Å². The van der Waals surface area contributed by atoms with Gasteiger partial charge in [-0.25, -0.2) is 18.7 Å². The molecular formula is C24H25F5N2. The molecule has 31 heavy (non-hydrogen) atoms. The Bertz CT molecular complexity index is 910. The standard InChI is InChI=1S/C24H25F5N2/c1-2-3-16-4-6-17(7-5-16)8-9-18-14-30-23(31-15-18)19-12-21(25)20(22(26)13-19)10-11-24(27,28)29/h12-17H,2-9H2,1H3. The second-order valence-electron chi connectivity index (χ2n) is 8.19. The van der Waals surface area contributed by atoms with Crippen LogP contribution in [0.4, 0.5) is 22.0 Å². The molecule has 0 radical (unpaired) electrons. The second kappa shape index (κ2) is 10.2. The summed E-state index contributed by atoms with van der Waals surface area (Å²) < 4.78 is 64.7. The van der Waals surface area contributed by atoms with Gasteiger partial charge in [0.15, 0.2) is 5.82 Å². The van der Waals surface area contributed by atoms with Gasteiger partial charge in [-0.05, 0) is 42.4 Å². The molecule has 0 saturated heterocycles. The van der Waals surface area contributed by atoms with Crippen LogP contribution in [0.5, 0.6) is 0 Å². The molecular weight excluding hydrogens is 411 g/mol. The van der Waals surface area contributed by atoms with E-state index in [0.29, 0.717) is 5.92 Å². The zero-order valence-corrected chi connectivity index (χ0v) is 17.4. The van der Waals surface area contributed by atoms with Gasteiger partial charge >= 0.3 is 6.18 Å². The topological polar surface area (TPSA) is 25.8 Å². The van der Waals surface area contributed by atoms with E-state index in [0.717, 1.165) is 42.4 Å². The molecule has 1 aliphatic carbocycles. The molecule has 2 aromatic rings. The van der Waals surface area contributed by atoms with Gasteiger partial charge in [-0.15, -0.1) is 0 Å². The van der Waals surface area contributed by atoms with Crippen molar-refractivity contribution in [2.45, 2.75) is 64.5 Å². The average molecular weight is 436 g/mol. The number of hydrogen-bond acceptors (Lipinski definition) is 2. The van der Waals surface area contributed by atoms with Crippen LogP contribution >= 0.6 is 0 Å². The van der Waals surface area contributed by atoms with Gasteiger partial charge in [-0.2, -0.15) is 13.2 Å². The normalized spacial score (nSPS) is 19.0. The molecule has 1 fully saturated rings. The van der Waals surface area contributed by atoms with Gasteiger partial charge < -0.3 is 0 Å². The molecule has 1 aromatic carbocycles. The van der Waals surface area contributed by atoms with Crippen LogP contribution in [0, 0.1) is 35.3 Å². The highest BCUT2D eigenvalue weighted by molar-refractivity contribution is 5.57. The third-order valence-electron chi connectivity index (χ3n) is 5.84. The van der Waals surface area contributed by atoms with E-state index in [9.17, 15) is 22.0 Å². The molecule has 1 aliphatic rings. The van der Waals surface area contributed by atoms with Crippen molar-refractivity contribution in [2.75, 3.05) is 0 Å². The summed E-state index contributed by atoms with van der Waals surface area (Å²) >= 11 is 0. The van der Waals surface area contributed by atoms with E-state index in [1.165, 1.54) is 44.4 Å². The highest BCUT2D eigenvalue weighted by Crippen LogP contribution is 2.33. The van der Waals surface area contributed by atoms with Crippen molar-refractivity contribution >= 4 is 0 Å². The Labute approximate surface area is 179 Å². The molecule has 1 aromatic heterocycles. The van der Waals surface area contributed by atoms with Gasteiger partial charge in [-0.3, -0.25) is 0 Å². The van der Waals surface area contributed by atoms with Crippen molar-refractivity contribution < 1.29 is 22.0 Å². The first-order valence-corrected chi connectivity index (χ1v) is 10.7. The number of benzene rings is 1. The number of aromatic nitrogens is 2. The maximum atomic E-state index is 14.1. The van der Waals surface area contributed by atoms with Crippen LogP contribution in [0.25, 0.3) is 11.4 Å². The summed E-state index contributed by atoms with van der Waals surface area (Å²) in [5.41, 5.74) is 0.0766. The van der Waals surface area contributed by atoms with Crippen LogP contribution < -0.4 is 0 Å². The Balaban J connectivity index is 1.62. The Morgan fingerprint density at radius 1 is 0.935 bits per heavy atom. The summed E-state index contributed by atoms with van der Waals surface area (Å²) in [6.07, 6.45) is 8.03. The largest absolute Gasteiger partial charge is 0.458 e. The SMILES string of the molecule is CCCC1CCC(CCc2cnc(-c3cc(F)c(C#CC(F)(F)F)c(F)c3)nc2)CC1. The van der Waals surface area contributed by atoms with Gasteiger partial charge in [0.2, 0.25) is 0 Å². The fraction of sp³-hybridized carbons (Fsp3) is 0.500. The first kappa shape index (κ1) is 23.2. The highest BCUT2D eigenvalue weighted by atomic mass is 19.4. The van der Waals surface area contributed by atoms with E-state index in [-0.39, 0.29) is 11.4 Å². The molecule has 0 unspecified atom stereocenters. The van der Waals surface area contributed by atoms with Gasteiger partial charge in [0.25, 0.3) is 0 Å². The maximum absolute atomic E-state index is 14.1. The van der Waals surface area contributed by atoms with Crippen LogP contribution in [0.1, 0.15) is 63.0 Å². The summed E-state index contributed by atoms with van der Waals surface area (Å²) in [7, 11) is 0.